The molecule has 0 aromatic heterocycles. The number of carbonyl (C=O) groups excluding carboxylic acids is 1. The molecule has 8 heteroatoms. The number of aliphatic hydroxyl groups excluding tert-OH is 1. The minimum atomic E-state index is -4.75. The molecule has 122 valence electrons. The largest absolute Gasteiger partial charge is 0.573 e. The Morgan fingerprint density at radius 1 is 1.18 bits per heavy atom. The second-order valence-electron chi connectivity index (χ2n) is 5.13. The fraction of sp³-hybridized carbons (Fsp3) is 0.500. The lowest BCUT2D eigenvalue weighted by Gasteiger charge is -2.28. The van der Waals surface area contributed by atoms with Gasteiger partial charge in [0.1, 0.15) is 5.75 Å². The second kappa shape index (κ2) is 6.87. The van der Waals surface area contributed by atoms with Gasteiger partial charge in [-0.1, -0.05) is 12.8 Å². The molecule has 0 bridgehead atoms. The summed E-state index contributed by atoms with van der Waals surface area (Å²) < 4.78 is 39.8. The Bertz CT molecular complexity index is 505. The Hall–Kier alpha value is -1.96. The fourth-order valence-corrected chi connectivity index (χ4v) is 2.36. The van der Waals surface area contributed by atoms with Crippen molar-refractivity contribution in [2.24, 2.45) is 0 Å². The van der Waals surface area contributed by atoms with Gasteiger partial charge in [-0.3, -0.25) is 0 Å². The van der Waals surface area contributed by atoms with Crippen molar-refractivity contribution in [3.05, 3.63) is 24.3 Å². The van der Waals surface area contributed by atoms with Gasteiger partial charge in [0.15, 0.2) is 0 Å². The maximum absolute atomic E-state index is 12.0. The van der Waals surface area contributed by atoms with Gasteiger partial charge in [0.2, 0.25) is 0 Å². The first-order valence-electron chi connectivity index (χ1n) is 6.95. The van der Waals surface area contributed by atoms with Crippen LogP contribution in [0.1, 0.15) is 25.7 Å². The Labute approximate surface area is 125 Å². The van der Waals surface area contributed by atoms with Gasteiger partial charge in [0, 0.05) is 5.69 Å². The van der Waals surface area contributed by atoms with E-state index < -0.39 is 18.5 Å². The van der Waals surface area contributed by atoms with Crippen LogP contribution in [-0.4, -0.2) is 29.6 Å². The first kappa shape index (κ1) is 16.4. The molecule has 2 amide bonds. The van der Waals surface area contributed by atoms with E-state index in [0.29, 0.717) is 18.5 Å². The SMILES string of the molecule is O=C(Nc1ccc(OC(F)(F)F)cc1)NC1CCCCC1O. The van der Waals surface area contributed by atoms with Gasteiger partial charge >= 0.3 is 12.4 Å². The maximum atomic E-state index is 12.0. The van der Waals surface area contributed by atoms with Crippen LogP contribution in [0.4, 0.5) is 23.7 Å². The summed E-state index contributed by atoms with van der Waals surface area (Å²) in [6, 6.07) is 4.02. The van der Waals surface area contributed by atoms with E-state index in [4.69, 9.17) is 0 Å². The molecule has 0 radical (unpaired) electrons. The average molecular weight is 318 g/mol. The number of rotatable bonds is 3. The number of alkyl halides is 3. The summed E-state index contributed by atoms with van der Waals surface area (Å²) >= 11 is 0. The van der Waals surface area contributed by atoms with Crippen molar-refractivity contribution >= 4 is 11.7 Å². The molecular formula is C14H17F3N2O3. The molecule has 0 spiro atoms. The summed E-state index contributed by atoms with van der Waals surface area (Å²) in [4.78, 5) is 11.8. The zero-order chi connectivity index (χ0) is 16.2. The Morgan fingerprint density at radius 2 is 1.82 bits per heavy atom. The van der Waals surface area contributed by atoms with Gasteiger partial charge in [-0.2, -0.15) is 0 Å². The Morgan fingerprint density at radius 3 is 2.41 bits per heavy atom. The van der Waals surface area contributed by atoms with Crippen molar-refractivity contribution in [3.8, 4) is 5.75 Å². The van der Waals surface area contributed by atoms with Gasteiger partial charge in [-0.15, -0.1) is 13.2 Å². The van der Waals surface area contributed by atoms with Crippen molar-refractivity contribution in [1.82, 2.24) is 5.32 Å². The fourth-order valence-electron chi connectivity index (χ4n) is 2.36. The molecule has 1 fully saturated rings. The van der Waals surface area contributed by atoms with E-state index >= 15 is 0 Å². The molecule has 0 aliphatic heterocycles. The second-order valence-corrected chi connectivity index (χ2v) is 5.13. The van der Waals surface area contributed by atoms with Gasteiger partial charge in [0.05, 0.1) is 12.1 Å². The molecule has 0 heterocycles. The van der Waals surface area contributed by atoms with Crippen molar-refractivity contribution in [1.29, 1.82) is 0 Å². The summed E-state index contributed by atoms with van der Waals surface area (Å²) in [5.74, 6) is -0.360. The Kier molecular flexibility index (Phi) is 5.12. The summed E-state index contributed by atoms with van der Waals surface area (Å²) in [6.07, 6.45) is -2.10. The van der Waals surface area contributed by atoms with Crippen molar-refractivity contribution in [2.45, 2.75) is 44.2 Å². The summed E-state index contributed by atoms with van der Waals surface area (Å²) in [5.41, 5.74) is 0.331. The molecule has 3 N–H and O–H groups in total. The highest BCUT2D eigenvalue weighted by Gasteiger charge is 2.31. The van der Waals surface area contributed by atoms with E-state index in [1.807, 2.05) is 0 Å². The van der Waals surface area contributed by atoms with Gasteiger partial charge in [-0.05, 0) is 37.1 Å². The van der Waals surface area contributed by atoms with Crippen LogP contribution in [0.3, 0.4) is 0 Å². The summed E-state index contributed by atoms with van der Waals surface area (Å²) in [5, 5.41) is 14.9. The number of carbonyl (C=O) groups is 1. The first-order chi connectivity index (χ1) is 10.3. The highest BCUT2D eigenvalue weighted by molar-refractivity contribution is 5.89. The highest BCUT2D eigenvalue weighted by Crippen LogP contribution is 2.24. The standard InChI is InChI=1S/C14H17F3N2O3/c15-14(16,17)22-10-7-5-9(6-8-10)18-13(21)19-11-3-1-2-4-12(11)20/h5-8,11-12,20H,1-4H2,(H2,18,19,21). The molecule has 1 aliphatic rings. The van der Waals surface area contributed by atoms with Crippen molar-refractivity contribution in [2.75, 3.05) is 5.32 Å². The third-order valence-corrected chi connectivity index (χ3v) is 3.39. The molecule has 5 nitrogen and oxygen atoms in total. The Balaban J connectivity index is 1.86. The lowest BCUT2D eigenvalue weighted by Crippen LogP contribution is -2.46. The van der Waals surface area contributed by atoms with Crippen LogP contribution in [0.5, 0.6) is 5.75 Å². The molecule has 22 heavy (non-hydrogen) atoms. The van der Waals surface area contributed by atoms with E-state index in [0.717, 1.165) is 25.0 Å². The predicted molar refractivity (Wildman–Crippen MR) is 73.5 cm³/mol. The minimum Gasteiger partial charge on any atom is -0.406 e. The number of nitrogens with one attached hydrogen (secondary N) is 2. The molecule has 1 aromatic carbocycles. The van der Waals surface area contributed by atoms with Crippen molar-refractivity contribution < 1.29 is 27.8 Å². The summed E-state index contributed by atoms with van der Waals surface area (Å²) in [6.45, 7) is 0. The topological polar surface area (TPSA) is 70.6 Å². The number of hydrogen-bond acceptors (Lipinski definition) is 3. The smallest absolute Gasteiger partial charge is 0.406 e. The number of amides is 2. The van der Waals surface area contributed by atoms with Gasteiger partial charge in [-0.25, -0.2) is 4.79 Å². The monoisotopic (exact) mass is 318 g/mol. The normalized spacial score (nSPS) is 22.0. The lowest BCUT2D eigenvalue weighted by molar-refractivity contribution is -0.274. The number of anilines is 1. The van der Waals surface area contributed by atoms with Crippen LogP contribution < -0.4 is 15.4 Å². The number of ether oxygens (including phenoxy) is 1. The van der Waals surface area contributed by atoms with Crippen LogP contribution in [0.2, 0.25) is 0 Å². The van der Waals surface area contributed by atoms with Gasteiger partial charge < -0.3 is 20.5 Å². The molecular weight excluding hydrogens is 301 g/mol. The highest BCUT2D eigenvalue weighted by atomic mass is 19.4. The van der Waals surface area contributed by atoms with Gasteiger partial charge in [0.25, 0.3) is 0 Å². The van der Waals surface area contributed by atoms with Crippen LogP contribution in [0, 0.1) is 0 Å². The number of hydrogen-bond donors (Lipinski definition) is 3. The predicted octanol–water partition coefficient (Wildman–Crippen LogP) is 3.01. The molecule has 2 atom stereocenters. The number of urea groups is 1. The van der Waals surface area contributed by atoms with Crippen LogP contribution in [-0.2, 0) is 0 Å². The van der Waals surface area contributed by atoms with E-state index in [-0.39, 0.29) is 11.8 Å². The molecule has 1 saturated carbocycles. The quantitative estimate of drug-likeness (QED) is 0.802. The van der Waals surface area contributed by atoms with E-state index in [1.165, 1.54) is 12.1 Å². The third kappa shape index (κ3) is 5.10. The number of aliphatic hydroxyl groups is 1. The third-order valence-electron chi connectivity index (χ3n) is 3.39. The first-order valence-corrected chi connectivity index (χ1v) is 6.95. The minimum absolute atomic E-state index is 0.304. The van der Waals surface area contributed by atoms with E-state index in [9.17, 15) is 23.1 Å². The van der Waals surface area contributed by atoms with Crippen LogP contribution >= 0.6 is 0 Å². The molecule has 0 saturated heterocycles. The zero-order valence-electron chi connectivity index (χ0n) is 11.7. The molecule has 2 unspecified atom stereocenters. The molecule has 2 rings (SSSR count). The maximum Gasteiger partial charge on any atom is 0.573 e. The van der Waals surface area contributed by atoms with Crippen LogP contribution in [0.25, 0.3) is 0 Å². The van der Waals surface area contributed by atoms with E-state index in [2.05, 4.69) is 15.4 Å². The zero-order valence-corrected chi connectivity index (χ0v) is 11.7. The summed E-state index contributed by atoms with van der Waals surface area (Å²) in [7, 11) is 0. The lowest BCUT2D eigenvalue weighted by atomic mass is 9.93. The van der Waals surface area contributed by atoms with E-state index in [1.54, 1.807) is 0 Å². The number of halogens is 3. The molecule has 1 aromatic rings. The molecule has 1 aliphatic carbocycles. The average Bonchev–Trinajstić information content (AvgIpc) is 2.42. The number of benzene rings is 1. The van der Waals surface area contributed by atoms with Crippen molar-refractivity contribution in [3.63, 3.8) is 0 Å². The van der Waals surface area contributed by atoms with Crippen LogP contribution in [0.15, 0.2) is 24.3 Å².